The van der Waals surface area contributed by atoms with E-state index in [1.54, 1.807) is 12.4 Å². The van der Waals surface area contributed by atoms with Gasteiger partial charge < -0.3 is 4.57 Å². The van der Waals surface area contributed by atoms with Crippen molar-refractivity contribution >= 4 is 11.9 Å². The second-order valence-electron chi connectivity index (χ2n) is 4.26. The molecule has 3 rings (SSSR count). The van der Waals surface area contributed by atoms with Crippen molar-refractivity contribution in [3.05, 3.63) is 41.7 Å². The summed E-state index contributed by atoms with van der Waals surface area (Å²) in [4.78, 5) is 16.3. The van der Waals surface area contributed by atoms with Crippen LogP contribution in [0.15, 0.2) is 30.2 Å². The van der Waals surface area contributed by atoms with E-state index in [2.05, 4.69) is 10.1 Å². The number of fused-ring (bicyclic) bond motifs is 1. The molecule has 0 bridgehead atoms. The van der Waals surface area contributed by atoms with Crippen LogP contribution in [0.4, 0.5) is 0 Å². The smallest absolute Gasteiger partial charge is 0.224 e. The zero-order valence-electron chi connectivity index (χ0n) is 10.2. The van der Waals surface area contributed by atoms with E-state index in [1.807, 2.05) is 34.5 Å². The standard InChI is InChI=1S/C13H14N4O/c1-2-17-11(3-5-15-17)9-10-4-7-16-8-6-14-13(16)12(10)18/h3,5-6,8-9H,2,4,7H2,1H3. The Labute approximate surface area is 105 Å². The summed E-state index contributed by atoms with van der Waals surface area (Å²) in [6, 6.07) is 1.92. The lowest BCUT2D eigenvalue weighted by molar-refractivity contribution is 0.100. The van der Waals surface area contributed by atoms with Crippen molar-refractivity contribution in [1.29, 1.82) is 0 Å². The Kier molecular flexibility index (Phi) is 2.59. The van der Waals surface area contributed by atoms with Crippen LogP contribution in [0.3, 0.4) is 0 Å². The first-order valence-electron chi connectivity index (χ1n) is 6.08. The van der Waals surface area contributed by atoms with Crippen LogP contribution in [-0.2, 0) is 13.1 Å². The van der Waals surface area contributed by atoms with Gasteiger partial charge in [-0.15, -0.1) is 0 Å². The van der Waals surface area contributed by atoms with E-state index in [0.29, 0.717) is 5.82 Å². The summed E-state index contributed by atoms with van der Waals surface area (Å²) in [5.41, 5.74) is 1.78. The molecule has 0 saturated heterocycles. The van der Waals surface area contributed by atoms with Gasteiger partial charge in [-0.05, 0) is 25.5 Å². The van der Waals surface area contributed by atoms with Crippen LogP contribution >= 0.6 is 0 Å². The number of hydrogen-bond donors (Lipinski definition) is 0. The Morgan fingerprint density at radius 3 is 3.17 bits per heavy atom. The Morgan fingerprint density at radius 1 is 1.44 bits per heavy atom. The van der Waals surface area contributed by atoms with Crippen LogP contribution in [0.1, 0.15) is 29.7 Å². The highest BCUT2D eigenvalue weighted by molar-refractivity contribution is 6.09. The number of carbonyl (C=O) groups excluding carboxylic acids is 1. The Bertz CT molecular complexity index is 620. The molecule has 1 aliphatic rings. The molecule has 0 amide bonds. The van der Waals surface area contributed by atoms with Gasteiger partial charge in [0.25, 0.3) is 0 Å². The van der Waals surface area contributed by atoms with Crippen LogP contribution in [0.25, 0.3) is 6.08 Å². The zero-order valence-corrected chi connectivity index (χ0v) is 10.2. The molecule has 0 spiro atoms. The van der Waals surface area contributed by atoms with E-state index in [-0.39, 0.29) is 5.78 Å². The minimum Gasteiger partial charge on any atom is -0.328 e. The Hall–Kier alpha value is -2.17. The van der Waals surface area contributed by atoms with Crippen molar-refractivity contribution in [1.82, 2.24) is 19.3 Å². The lowest BCUT2D eigenvalue weighted by Gasteiger charge is -2.15. The van der Waals surface area contributed by atoms with Gasteiger partial charge in [-0.25, -0.2) is 4.98 Å². The molecule has 0 saturated carbocycles. The van der Waals surface area contributed by atoms with Crippen molar-refractivity contribution in [2.24, 2.45) is 0 Å². The lowest BCUT2D eigenvalue weighted by atomic mass is 10.0. The molecule has 0 aliphatic carbocycles. The van der Waals surface area contributed by atoms with E-state index in [0.717, 1.165) is 30.8 Å². The molecule has 0 radical (unpaired) electrons. The number of allylic oxidation sites excluding steroid dienone is 1. The van der Waals surface area contributed by atoms with Crippen LogP contribution in [0.2, 0.25) is 0 Å². The van der Waals surface area contributed by atoms with Gasteiger partial charge in [0, 0.05) is 37.3 Å². The highest BCUT2D eigenvalue weighted by Crippen LogP contribution is 2.20. The highest BCUT2D eigenvalue weighted by atomic mass is 16.1. The first kappa shape index (κ1) is 11.0. The molecule has 0 unspecified atom stereocenters. The predicted octanol–water partition coefficient (Wildman–Crippen LogP) is 1.77. The largest absolute Gasteiger partial charge is 0.328 e. The number of imidazole rings is 1. The third kappa shape index (κ3) is 1.68. The SMILES string of the molecule is CCn1nccc1C=C1CCn2ccnc2C1=O. The maximum Gasteiger partial charge on any atom is 0.224 e. The predicted molar refractivity (Wildman–Crippen MR) is 67.1 cm³/mol. The molecule has 2 aromatic heterocycles. The van der Waals surface area contributed by atoms with Crippen molar-refractivity contribution in [2.75, 3.05) is 0 Å². The molecule has 0 fully saturated rings. The van der Waals surface area contributed by atoms with Gasteiger partial charge in [-0.3, -0.25) is 9.48 Å². The third-order valence-corrected chi connectivity index (χ3v) is 3.20. The molecule has 2 aromatic rings. The lowest BCUT2D eigenvalue weighted by Crippen LogP contribution is -2.19. The van der Waals surface area contributed by atoms with Gasteiger partial charge in [-0.2, -0.15) is 5.10 Å². The minimum absolute atomic E-state index is 0.0232. The second kappa shape index (κ2) is 4.25. The number of carbonyl (C=O) groups is 1. The molecule has 5 nitrogen and oxygen atoms in total. The summed E-state index contributed by atoms with van der Waals surface area (Å²) in [5, 5.41) is 4.20. The molecule has 18 heavy (non-hydrogen) atoms. The maximum atomic E-state index is 12.2. The van der Waals surface area contributed by atoms with Crippen molar-refractivity contribution in [3.8, 4) is 0 Å². The van der Waals surface area contributed by atoms with Gasteiger partial charge in [0.1, 0.15) is 0 Å². The third-order valence-electron chi connectivity index (χ3n) is 3.20. The number of nitrogens with zero attached hydrogens (tertiary/aromatic N) is 4. The Balaban J connectivity index is 1.97. The van der Waals surface area contributed by atoms with Gasteiger partial charge in [-0.1, -0.05) is 0 Å². The van der Waals surface area contributed by atoms with Crippen LogP contribution in [0, 0.1) is 0 Å². The van der Waals surface area contributed by atoms with Gasteiger partial charge >= 0.3 is 0 Å². The molecular formula is C13H14N4O. The monoisotopic (exact) mass is 242 g/mol. The fraction of sp³-hybridized carbons (Fsp3) is 0.308. The van der Waals surface area contributed by atoms with E-state index in [1.165, 1.54) is 0 Å². The molecule has 0 aromatic carbocycles. The topological polar surface area (TPSA) is 52.7 Å². The Morgan fingerprint density at radius 2 is 2.33 bits per heavy atom. The number of ketones is 1. The summed E-state index contributed by atoms with van der Waals surface area (Å²) in [7, 11) is 0. The molecular weight excluding hydrogens is 228 g/mol. The maximum absolute atomic E-state index is 12.2. The summed E-state index contributed by atoms with van der Waals surface area (Å²) in [6.45, 7) is 3.65. The number of Topliss-reactive ketones (excluding diaryl/α,β-unsaturated/α-hetero) is 1. The average molecular weight is 242 g/mol. The van der Waals surface area contributed by atoms with Crippen LogP contribution < -0.4 is 0 Å². The number of rotatable bonds is 2. The van der Waals surface area contributed by atoms with E-state index >= 15 is 0 Å². The van der Waals surface area contributed by atoms with Crippen LogP contribution in [-0.4, -0.2) is 25.1 Å². The summed E-state index contributed by atoms with van der Waals surface area (Å²) < 4.78 is 3.78. The number of hydrogen-bond acceptors (Lipinski definition) is 3. The van der Waals surface area contributed by atoms with Gasteiger partial charge in [0.2, 0.25) is 5.78 Å². The van der Waals surface area contributed by atoms with E-state index in [4.69, 9.17) is 0 Å². The van der Waals surface area contributed by atoms with Crippen molar-refractivity contribution in [3.63, 3.8) is 0 Å². The first-order chi connectivity index (χ1) is 8.79. The normalized spacial score (nSPS) is 17.2. The zero-order chi connectivity index (χ0) is 12.5. The molecule has 3 heterocycles. The second-order valence-corrected chi connectivity index (χ2v) is 4.26. The number of aromatic nitrogens is 4. The van der Waals surface area contributed by atoms with E-state index in [9.17, 15) is 4.79 Å². The minimum atomic E-state index is 0.0232. The molecule has 92 valence electrons. The number of aryl methyl sites for hydroxylation is 2. The average Bonchev–Trinajstić information content (AvgIpc) is 3.01. The van der Waals surface area contributed by atoms with Gasteiger partial charge in [0.15, 0.2) is 5.82 Å². The molecule has 0 atom stereocenters. The quantitative estimate of drug-likeness (QED) is 0.754. The molecule has 5 heteroatoms. The molecule has 0 N–H and O–H groups in total. The summed E-state index contributed by atoms with van der Waals surface area (Å²) in [6.07, 6.45) is 7.95. The fourth-order valence-corrected chi connectivity index (χ4v) is 2.24. The summed E-state index contributed by atoms with van der Waals surface area (Å²) in [5.74, 6) is 0.560. The van der Waals surface area contributed by atoms with Crippen molar-refractivity contribution in [2.45, 2.75) is 26.4 Å². The van der Waals surface area contributed by atoms with E-state index < -0.39 is 0 Å². The summed E-state index contributed by atoms with van der Waals surface area (Å²) >= 11 is 0. The highest BCUT2D eigenvalue weighted by Gasteiger charge is 2.22. The first-order valence-corrected chi connectivity index (χ1v) is 6.08. The van der Waals surface area contributed by atoms with Crippen LogP contribution in [0.5, 0.6) is 0 Å². The van der Waals surface area contributed by atoms with Crippen molar-refractivity contribution < 1.29 is 4.79 Å². The van der Waals surface area contributed by atoms with Gasteiger partial charge in [0.05, 0.1) is 5.69 Å². The molecule has 1 aliphatic heterocycles. The fourth-order valence-electron chi connectivity index (χ4n) is 2.24.